The summed E-state index contributed by atoms with van der Waals surface area (Å²) in [6, 6.07) is 6.48. The van der Waals surface area contributed by atoms with E-state index in [9.17, 15) is 0 Å². The molecule has 4 rings (SSSR count). The Bertz CT molecular complexity index is 613. The molecule has 2 saturated heterocycles. The standard InChI is InChI=1S/C18H27BN2O3/c1-17(2)18(3,4)24-19(23-17)14-8-9-15-13(11-14)12-20-21(15)16-7-5-6-10-22-16/h8-9,11,16,20H,5-7,10,12H2,1-4H3. The van der Waals surface area contributed by atoms with Crippen LogP contribution in [0.5, 0.6) is 0 Å². The minimum Gasteiger partial charge on any atom is -0.399 e. The summed E-state index contributed by atoms with van der Waals surface area (Å²) in [6.45, 7) is 10.0. The van der Waals surface area contributed by atoms with Gasteiger partial charge in [0.05, 0.1) is 16.9 Å². The van der Waals surface area contributed by atoms with Crippen molar-refractivity contribution in [3.05, 3.63) is 23.8 Å². The van der Waals surface area contributed by atoms with Gasteiger partial charge in [-0.15, -0.1) is 0 Å². The van der Waals surface area contributed by atoms with Crippen molar-refractivity contribution in [2.75, 3.05) is 11.6 Å². The zero-order valence-corrected chi connectivity index (χ0v) is 15.1. The molecule has 0 aliphatic carbocycles. The van der Waals surface area contributed by atoms with Crippen LogP contribution in [0.25, 0.3) is 0 Å². The lowest BCUT2D eigenvalue weighted by Gasteiger charge is -2.32. The highest BCUT2D eigenvalue weighted by molar-refractivity contribution is 6.62. The van der Waals surface area contributed by atoms with Crippen molar-refractivity contribution in [3.8, 4) is 0 Å². The van der Waals surface area contributed by atoms with Crippen LogP contribution in [0, 0.1) is 0 Å². The van der Waals surface area contributed by atoms with E-state index in [1.54, 1.807) is 0 Å². The van der Waals surface area contributed by atoms with Gasteiger partial charge in [0.1, 0.15) is 6.23 Å². The molecule has 0 spiro atoms. The molecule has 1 unspecified atom stereocenters. The van der Waals surface area contributed by atoms with Crippen LogP contribution in [-0.2, 0) is 20.6 Å². The lowest BCUT2D eigenvalue weighted by atomic mass is 9.78. The van der Waals surface area contributed by atoms with Crippen molar-refractivity contribution < 1.29 is 14.0 Å². The molecule has 0 aromatic heterocycles. The summed E-state index contributed by atoms with van der Waals surface area (Å²) in [5.74, 6) is 0. The summed E-state index contributed by atoms with van der Waals surface area (Å²) >= 11 is 0. The third-order valence-electron chi connectivity index (χ3n) is 5.77. The molecule has 24 heavy (non-hydrogen) atoms. The molecule has 3 aliphatic heterocycles. The van der Waals surface area contributed by atoms with E-state index >= 15 is 0 Å². The zero-order valence-electron chi connectivity index (χ0n) is 15.1. The number of nitrogens with zero attached hydrogens (tertiary/aromatic N) is 1. The molecule has 2 fully saturated rings. The minimum atomic E-state index is -0.309. The average Bonchev–Trinajstić information content (AvgIpc) is 3.06. The van der Waals surface area contributed by atoms with Crippen LogP contribution in [0.1, 0.15) is 52.5 Å². The van der Waals surface area contributed by atoms with Crippen molar-refractivity contribution >= 4 is 18.3 Å². The number of fused-ring (bicyclic) bond motifs is 1. The van der Waals surface area contributed by atoms with Crippen molar-refractivity contribution in [2.24, 2.45) is 0 Å². The van der Waals surface area contributed by atoms with E-state index in [4.69, 9.17) is 14.0 Å². The lowest BCUT2D eigenvalue weighted by Crippen LogP contribution is -2.44. The summed E-state index contributed by atoms with van der Waals surface area (Å²) in [5, 5.41) is 2.18. The molecule has 3 aliphatic rings. The molecule has 0 amide bonds. The first-order valence-electron chi connectivity index (χ1n) is 9.00. The number of ether oxygens (including phenoxy) is 1. The van der Waals surface area contributed by atoms with E-state index in [1.165, 1.54) is 17.7 Å². The fraction of sp³-hybridized carbons (Fsp3) is 0.667. The van der Waals surface area contributed by atoms with E-state index < -0.39 is 0 Å². The largest absolute Gasteiger partial charge is 0.494 e. The van der Waals surface area contributed by atoms with Gasteiger partial charge in [0.25, 0.3) is 0 Å². The Morgan fingerprint density at radius 3 is 2.54 bits per heavy atom. The van der Waals surface area contributed by atoms with Crippen molar-refractivity contribution in [2.45, 2.75) is 70.9 Å². The zero-order chi connectivity index (χ0) is 16.9. The van der Waals surface area contributed by atoms with Crippen LogP contribution in [0.2, 0.25) is 0 Å². The van der Waals surface area contributed by atoms with Gasteiger partial charge in [-0.1, -0.05) is 12.1 Å². The second-order valence-corrected chi connectivity index (χ2v) is 8.00. The van der Waals surface area contributed by atoms with Crippen LogP contribution >= 0.6 is 0 Å². The maximum Gasteiger partial charge on any atom is 0.494 e. The summed E-state index contributed by atoms with van der Waals surface area (Å²) in [4.78, 5) is 0. The molecular formula is C18H27BN2O3. The Morgan fingerprint density at radius 2 is 1.88 bits per heavy atom. The first-order chi connectivity index (χ1) is 11.4. The van der Waals surface area contributed by atoms with Gasteiger partial charge in [-0.2, -0.15) is 0 Å². The van der Waals surface area contributed by atoms with Crippen molar-refractivity contribution in [1.29, 1.82) is 0 Å². The average molecular weight is 330 g/mol. The molecule has 1 aromatic carbocycles. The molecule has 1 atom stereocenters. The van der Waals surface area contributed by atoms with Gasteiger partial charge < -0.3 is 14.0 Å². The fourth-order valence-electron chi connectivity index (χ4n) is 3.55. The highest BCUT2D eigenvalue weighted by atomic mass is 16.7. The molecule has 6 heteroatoms. The number of anilines is 1. The third-order valence-corrected chi connectivity index (χ3v) is 5.77. The topological polar surface area (TPSA) is 43.0 Å². The molecule has 0 bridgehead atoms. The Hall–Kier alpha value is -1.08. The number of nitrogens with one attached hydrogen (secondary N) is 1. The molecule has 0 saturated carbocycles. The summed E-state index contributed by atoms with van der Waals surface area (Å²) < 4.78 is 18.3. The molecule has 1 N–H and O–H groups in total. The second-order valence-electron chi connectivity index (χ2n) is 8.00. The normalized spacial score (nSPS) is 28.2. The minimum absolute atomic E-state index is 0.141. The second kappa shape index (κ2) is 5.73. The molecule has 130 valence electrons. The van der Waals surface area contributed by atoms with Crippen LogP contribution in [-0.4, -0.2) is 31.2 Å². The molecule has 3 heterocycles. The Kier molecular flexibility index (Phi) is 3.92. The van der Waals surface area contributed by atoms with E-state index in [0.717, 1.165) is 31.5 Å². The van der Waals surface area contributed by atoms with Crippen molar-refractivity contribution in [1.82, 2.24) is 5.43 Å². The number of hydrogen-bond donors (Lipinski definition) is 1. The Morgan fingerprint density at radius 1 is 1.12 bits per heavy atom. The summed E-state index contributed by atoms with van der Waals surface area (Å²) in [5.41, 5.74) is 6.42. The van der Waals surface area contributed by atoms with Gasteiger partial charge >= 0.3 is 7.12 Å². The number of hydrazine groups is 1. The number of benzene rings is 1. The predicted octanol–water partition coefficient (Wildman–Crippen LogP) is 2.34. The van der Waals surface area contributed by atoms with Crippen molar-refractivity contribution in [3.63, 3.8) is 0 Å². The van der Waals surface area contributed by atoms with E-state index in [2.05, 4.69) is 56.3 Å². The van der Waals surface area contributed by atoms with E-state index in [0.29, 0.717) is 0 Å². The van der Waals surface area contributed by atoms with Crippen LogP contribution < -0.4 is 15.9 Å². The highest BCUT2D eigenvalue weighted by Crippen LogP contribution is 2.37. The third kappa shape index (κ3) is 2.66. The van der Waals surface area contributed by atoms with Gasteiger partial charge in [0.2, 0.25) is 0 Å². The van der Waals surface area contributed by atoms with Crippen LogP contribution in [0.4, 0.5) is 5.69 Å². The summed E-state index contributed by atoms with van der Waals surface area (Å²) in [7, 11) is -0.305. The number of hydrogen-bond acceptors (Lipinski definition) is 5. The van der Waals surface area contributed by atoms with Gasteiger partial charge in [0.15, 0.2) is 0 Å². The van der Waals surface area contributed by atoms with Crippen LogP contribution in [0.15, 0.2) is 18.2 Å². The van der Waals surface area contributed by atoms with Gasteiger partial charge in [-0.3, -0.25) is 5.01 Å². The monoisotopic (exact) mass is 330 g/mol. The molecular weight excluding hydrogens is 303 g/mol. The highest BCUT2D eigenvalue weighted by Gasteiger charge is 2.51. The predicted molar refractivity (Wildman–Crippen MR) is 95.1 cm³/mol. The Labute approximate surface area is 144 Å². The first kappa shape index (κ1) is 16.4. The smallest absolute Gasteiger partial charge is 0.399 e. The van der Waals surface area contributed by atoms with Gasteiger partial charge in [-0.05, 0) is 64.1 Å². The quantitative estimate of drug-likeness (QED) is 0.843. The summed E-state index contributed by atoms with van der Waals surface area (Å²) in [6.07, 6.45) is 3.61. The molecule has 0 radical (unpaired) electrons. The van der Waals surface area contributed by atoms with E-state index in [1.807, 2.05) is 0 Å². The first-order valence-corrected chi connectivity index (χ1v) is 9.00. The maximum atomic E-state index is 6.17. The Balaban J connectivity index is 1.55. The number of rotatable bonds is 2. The maximum absolute atomic E-state index is 6.17. The molecule has 1 aromatic rings. The van der Waals surface area contributed by atoms with Gasteiger partial charge in [0, 0.05) is 13.2 Å². The van der Waals surface area contributed by atoms with E-state index in [-0.39, 0.29) is 24.5 Å². The SMILES string of the molecule is CC1(C)OB(c2ccc3c(c2)CNN3C2CCCCO2)OC1(C)C. The fourth-order valence-corrected chi connectivity index (χ4v) is 3.55. The van der Waals surface area contributed by atoms with Gasteiger partial charge in [-0.25, -0.2) is 5.43 Å². The lowest BCUT2D eigenvalue weighted by molar-refractivity contribution is 0.00578. The molecule has 5 nitrogen and oxygen atoms in total. The van der Waals surface area contributed by atoms with Crippen LogP contribution in [0.3, 0.4) is 0 Å².